The molecule has 0 aliphatic rings. The molecule has 0 saturated heterocycles. The van der Waals surface area contributed by atoms with Crippen molar-refractivity contribution in [3.63, 3.8) is 0 Å². The number of aryl methyl sites for hydroxylation is 1. The lowest BCUT2D eigenvalue weighted by Gasteiger charge is -1.86. The second-order valence-electron chi connectivity index (χ2n) is 1.82. The molecule has 2 N–H and O–H groups in total. The minimum absolute atomic E-state index is 1.14. The van der Waals surface area contributed by atoms with Crippen LogP contribution in [-0.2, 0) is 0 Å². The van der Waals surface area contributed by atoms with Gasteiger partial charge in [0, 0.05) is 18.9 Å². The van der Waals surface area contributed by atoms with E-state index >= 15 is 0 Å². The Labute approximate surface area is 62.7 Å². The zero-order valence-corrected chi connectivity index (χ0v) is 7.15. The molecule has 0 spiro atoms. The van der Waals surface area contributed by atoms with Gasteiger partial charge in [-0.2, -0.15) is 0 Å². The quantitative estimate of drug-likeness (QED) is 0.616. The number of anilines is 1. The molecule has 2 heteroatoms. The highest BCUT2D eigenvalue weighted by Gasteiger charge is 1.87. The monoisotopic (exact) mass is 140 g/mol. The van der Waals surface area contributed by atoms with Crippen LogP contribution < -0.4 is 5.32 Å². The van der Waals surface area contributed by atoms with Gasteiger partial charge >= 0.3 is 0 Å². The molecule has 58 valence electrons. The van der Waals surface area contributed by atoms with Crippen molar-refractivity contribution in [3.8, 4) is 0 Å². The molecule has 1 aromatic rings. The van der Waals surface area contributed by atoms with Gasteiger partial charge in [-0.1, -0.05) is 13.8 Å². The van der Waals surface area contributed by atoms with Crippen molar-refractivity contribution in [2.75, 3.05) is 12.4 Å². The van der Waals surface area contributed by atoms with Crippen LogP contribution in [-0.4, -0.2) is 12.0 Å². The Morgan fingerprint density at radius 3 is 2.20 bits per heavy atom. The highest BCUT2D eigenvalue weighted by atomic mass is 14.9. The average molecular weight is 140 g/mol. The molecular formula is C8H16N2. The first kappa shape index (κ1) is 9.08. The molecule has 0 aromatic carbocycles. The highest BCUT2D eigenvalue weighted by molar-refractivity contribution is 5.41. The van der Waals surface area contributed by atoms with E-state index in [0.29, 0.717) is 0 Å². The minimum Gasteiger partial charge on any atom is -0.387 e. The predicted octanol–water partition coefficient (Wildman–Crippen LogP) is 2.39. The topological polar surface area (TPSA) is 27.8 Å². The van der Waals surface area contributed by atoms with Gasteiger partial charge in [0.25, 0.3) is 0 Å². The van der Waals surface area contributed by atoms with Gasteiger partial charge in [-0.15, -0.1) is 0 Å². The molecule has 1 aromatic heterocycles. The van der Waals surface area contributed by atoms with Crippen LogP contribution in [0.1, 0.15) is 19.5 Å². The van der Waals surface area contributed by atoms with Crippen molar-refractivity contribution in [1.82, 2.24) is 4.98 Å². The Kier molecular flexibility index (Phi) is 4.46. The fourth-order valence-electron chi connectivity index (χ4n) is 0.653. The van der Waals surface area contributed by atoms with Crippen LogP contribution in [0, 0.1) is 6.92 Å². The van der Waals surface area contributed by atoms with Crippen LogP contribution in [0.15, 0.2) is 12.3 Å². The summed E-state index contributed by atoms with van der Waals surface area (Å²) in [6.45, 7) is 6.03. The summed E-state index contributed by atoms with van der Waals surface area (Å²) >= 11 is 0. The van der Waals surface area contributed by atoms with Crippen molar-refractivity contribution in [3.05, 3.63) is 18.0 Å². The lowest BCUT2D eigenvalue weighted by Crippen LogP contribution is -1.81. The van der Waals surface area contributed by atoms with Gasteiger partial charge in [-0.3, -0.25) is 0 Å². The Bertz CT molecular complexity index is 168. The summed E-state index contributed by atoms with van der Waals surface area (Å²) in [7, 11) is 1.91. The summed E-state index contributed by atoms with van der Waals surface area (Å²) in [5.41, 5.74) is 2.33. The number of rotatable bonds is 1. The Morgan fingerprint density at radius 2 is 2.00 bits per heavy atom. The normalized spacial score (nSPS) is 8.00. The first-order valence-corrected chi connectivity index (χ1v) is 3.65. The summed E-state index contributed by atoms with van der Waals surface area (Å²) in [4.78, 5) is 3.06. The zero-order valence-electron chi connectivity index (χ0n) is 7.15. The van der Waals surface area contributed by atoms with Gasteiger partial charge in [0.2, 0.25) is 0 Å². The number of nitrogens with one attached hydrogen (secondary N) is 2. The van der Waals surface area contributed by atoms with Crippen molar-refractivity contribution >= 4 is 5.69 Å². The standard InChI is InChI=1S/C6H10N2.C2H6/c1-5-3-6(7-2)4-8-5;1-2/h3-4,7-8H,1-2H3;1-2H3. The van der Waals surface area contributed by atoms with Crippen molar-refractivity contribution in [1.29, 1.82) is 0 Å². The Balaban J connectivity index is 0.000000371. The second kappa shape index (κ2) is 4.91. The maximum atomic E-state index is 3.06. The van der Waals surface area contributed by atoms with E-state index in [2.05, 4.69) is 16.4 Å². The van der Waals surface area contributed by atoms with E-state index in [-0.39, 0.29) is 0 Å². The van der Waals surface area contributed by atoms with E-state index in [1.54, 1.807) is 0 Å². The summed E-state index contributed by atoms with van der Waals surface area (Å²) in [5, 5.41) is 3.02. The fourth-order valence-corrected chi connectivity index (χ4v) is 0.653. The number of hydrogen-bond acceptors (Lipinski definition) is 1. The van der Waals surface area contributed by atoms with Crippen LogP contribution in [0.25, 0.3) is 0 Å². The van der Waals surface area contributed by atoms with Crippen LogP contribution in [0.5, 0.6) is 0 Å². The molecule has 2 nitrogen and oxygen atoms in total. The van der Waals surface area contributed by atoms with E-state index in [1.807, 2.05) is 34.0 Å². The summed E-state index contributed by atoms with van der Waals surface area (Å²) < 4.78 is 0. The molecule has 0 radical (unpaired) electrons. The van der Waals surface area contributed by atoms with Gasteiger partial charge < -0.3 is 10.3 Å². The molecule has 0 atom stereocenters. The third kappa shape index (κ3) is 2.58. The van der Waals surface area contributed by atoms with Gasteiger partial charge in [-0.25, -0.2) is 0 Å². The van der Waals surface area contributed by atoms with Gasteiger partial charge in [0.15, 0.2) is 0 Å². The Morgan fingerprint density at radius 1 is 1.40 bits per heavy atom. The molecule has 1 rings (SSSR count). The van der Waals surface area contributed by atoms with Gasteiger partial charge in [-0.05, 0) is 13.0 Å². The second-order valence-corrected chi connectivity index (χ2v) is 1.82. The molecule has 10 heavy (non-hydrogen) atoms. The molecule has 0 aliphatic carbocycles. The van der Waals surface area contributed by atoms with E-state index in [0.717, 1.165) is 5.69 Å². The van der Waals surface area contributed by atoms with Crippen LogP contribution in [0.4, 0.5) is 5.69 Å². The molecule has 1 heterocycles. The summed E-state index contributed by atoms with van der Waals surface area (Å²) in [6, 6.07) is 2.06. The van der Waals surface area contributed by atoms with Crippen LogP contribution in [0.2, 0.25) is 0 Å². The van der Waals surface area contributed by atoms with Crippen molar-refractivity contribution in [2.45, 2.75) is 20.8 Å². The third-order valence-electron chi connectivity index (χ3n) is 1.12. The van der Waals surface area contributed by atoms with E-state index < -0.39 is 0 Å². The number of aromatic nitrogens is 1. The molecule has 0 aliphatic heterocycles. The lowest BCUT2D eigenvalue weighted by molar-refractivity contribution is 1.27. The van der Waals surface area contributed by atoms with Crippen LogP contribution >= 0.6 is 0 Å². The van der Waals surface area contributed by atoms with Crippen molar-refractivity contribution < 1.29 is 0 Å². The molecular weight excluding hydrogens is 124 g/mol. The Hall–Kier alpha value is -0.920. The minimum atomic E-state index is 1.14. The molecule has 0 bridgehead atoms. The average Bonchev–Trinajstić information content (AvgIpc) is 2.40. The molecule has 0 saturated carbocycles. The summed E-state index contributed by atoms with van der Waals surface area (Å²) in [5.74, 6) is 0. The van der Waals surface area contributed by atoms with Gasteiger partial charge in [0.1, 0.15) is 0 Å². The third-order valence-corrected chi connectivity index (χ3v) is 1.12. The maximum absolute atomic E-state index is 3.06. The van der Waals surface area contributed by atoms with Gasteiger partial charge in [0.05, 0.1) is 5.69 Å². The maximum Gasteiger partial charge on any atom is 0.0517 e. The fraction of sp³-hybridized carbons (Fsp3) is 0.500. The molecule has 0 amide bonds. The van der Waals surface area contributed by atoms with Crippen molar-refractivity contribution in [2.24, 2.45) is 0 Å². The van der Waals surface area contributed by atoms with E-state index in [4.69, 9.17) is 0 Å². The number of aromatic amines is 1. The smallest absolute Gasteiger partial charge is 0.0517 e. The largest absolute Gasteiger partial charge is 0.387 e. The predicted molar refractivity (Wildman–Crippen MR) is 46.4 cm³/mol. The van der Waals surface area contributed by atoms with E-state index in [9.17, 15) is 0 Å². The summed E-state index contributed by atoms with van der Waals surface area (Å²) in [6.07, 6.45) is 1.94. The first-order valence-electron chi connectivity index (χ1n) is 3.65. The van der Waals surface area contributed by atoms with Crippen LogP contribution in [0.3, 0.4) is 0 Å². The van der Waals surface area contributed by atoms with E-state index in [1.165, 1.54) is 5.69 Å². The molecule has 0 fully saturated rings. The number of H-pyrrole nitrogens is 1. The highest BCUT2D eigenvalue weighted by Crippen LogP contribution is 2.05. The lowest BCUT2D eigenvalue weighted by atomic mass is 10.4. The SMILES string of the molecule is CC.CNc1c[nH]c(C)c1. The zero-order chi connectivity index (χ0) is 7.98. The first-order chi connectivity index (χ1) is 4.83. The molecule has 0 unspecified atom stereocenters. The number of hydrogen-bond donors (Lipinski definition) is 2.